The summed E-state index contributed by atoms with van der Waals surface area (Å²) in [6.45, 7) is 1.51. The number of carboxylic acid groups (broad SMARTS) is 1. The smallest absolute Gasteiger partial charge is 0.325 e. The van der Waals surface area contributed by atoms with Gasteiger partial charge in [-0.15, -0.1) is 0 Å². The largest absolute Gasteiger partial charge is 0.480 e. The van der Waals surface area contributed by atoms with E-state index in [1.807, 2.05) is 18.2 Å². The summed E-state index contributed by atoms with van der Waals surface area (Å²) in [5.74, 6) is -1.04. The number of hydrogen-bond acceptors (Lipinski definition) is 3. The lowest BCUT2D eigenvalue weighted by Crippen LogP contribution is -2.49. The van der Waals surface area contributed by atoms with Crippen molar-refractivity contribution in [2.45, 2.75) is 37.8 Å². The van der Waals surface area contributed by atoms with Crippen LogP contribution in [0, 0.1) is 0 Å². The van der Waals surface area contributed by atoms with Crippen LogP contribution in [0.5, 0.6) is 0 Å². The van der Waals surface area contributed by atoms with E-state index >= 15 is 0 Å². The maximum Gasteiger partial charge on any atom is 0.325 e. The molecule has 0 fully saturated rings. The summed E-state index contributed by atoms with van der Waals surface area (Å²) in [6, 6.07) is 8.16. The first-order valence-electron chi connectivity index (χ1n) is 6.22. The fourth-order valence-corrected chi connectivity index (χ4v) is 2.22. The number of hydrogen-bond donors (Lipinski definition) is 2. The summed E-state index contributed by atoms with van der Waals surface area (Å²) in [7, 11) is 0. The Labute approximate surface area is 107 Å². The van der Waals surface area contributed by atoms with Crippen molar-refractivity contribution in [3.05, 3.63) is 35.4 Å². The Hall–Kier alpha value is -1.39. The van der Waals surface area contributed by atoms with E-state index in [1.165, 1.54) is 18.1 Å². The molecule has 1 aromatic rings. The Balaban J connectivity index is 2.06. The summed E-state index contributed by atoms with van der Waals surface area (Å²) in [5, 5.41) is 8.96. The van der Waals surface area contributed by atoms with Crippen molar-refractivity contribution in [3.63, 3.8) is 0 Å². The van der Waals surface area contributed by atoms with Gasteiger partial charge in [0.1, 0.15) is 5.54 Å². The van der Waals surface area contributed by atoms with Gasteiger partial charge >= 0.3 is 5.97 Å². The number of benzene rings is 1. The number of carboxylic acids is 1. The first-order chi connectivity index (χ1) is 8.50. The third kappa shape index (κ3) is 2.71. The van der Waals surface area contributed by atoms with Gasteiger partial charge < -0.3 is 15.6 Å². The number of rotatable bonds is 4. The third-order valence-electron chi connectivity index (χ3n) is 3.39. The Kier molecular flexibility index (Phi) is 3.68. The Morgan fingerprint density at radius 2 is 2.28 bits per heavy atom. The number of aliphatic carboxylic acids is 1. The predicted molar refractivity (Wildman–Crippen MR) is 68.3 cm³/mol. The van der Waals surface area contributed by atoms with E-state index in [2.05, 4.69) is 6.07 Å². The highest BCUT2D eigenvalue weighted by Gasteiger charge is 2.30. The summed E-state index contributed by atoms with van der Waals surface area (Å²) in [6.07, 6.45) is 3.02. The molecule has 2 atom stereocenters. The van der Waals surface area contributed by atoms with Crippen LogP contribution in [0.3, 0.4) is 0 Å². The molecule has 4 heteroatoms. The number of aryl methyl sites for hydroxylation is 1. The molecule has 1 aromatic carbocycles. The molecule has 0 amide bonds. The van der Waals surface area contributed by atoms with Gasteiger partial charge in [-0.2, -0.15) is 0 Å². The third-order valence-corrected chi connectivity index (χ3v) is 3.39. The van der Waals surface area contributed by atoms with Gasteiger partial charge in [0.25, 0.3) is 0 Å². The van der Waals surface area contributed by atoms with Crippen molar-refractivity contribution >= 4 is 5.97 Å². The van der Waals surface area contributed by atoms with Crippen LogP contribution in [-0.4, -0.2) is 23.2 Å². The Morgan fingerprint density at radius 3 is 3.00 bits per heavy atom. The molecule has 1 aliphatic rings. The molecule has 0 heterocycles. The van der Waals surface area contributed by atoms with E-state index < -0.39 is 11.5 Å². The minimum Gasteiger partial charge on any atom is -0.480 e. The average molecular weight is 249 g/mol. The summed E-state index contributed by atoms with van der Waals surface area (Å²) >= 11 is 0. The zero-order valence-corrected chi connectivity index (χ0v) is 10.6. The second-order valence-corrected chi connectivity index (χ2v) is 5.11. The van der Waals surface area contributed by atoms with Crippen LogP contribution < -0.4 is 5.73 Å². The predicted octanol–water partition coefficient (Wildman–Crippen LogP) is 1.88. The monoisotopic (exact) mass is 249 g/mol. The highest BCUT2D eigenvalue weighted by molar-refractivity contribution is 5.78. The molecule has 0 aromatic heterocycles. The SMILES string of the molecule is CC(N)(COC1CCCc2ccccc21)C(=O)O. The van der Waals surface area contributed by atoms with Gasteiger partial charge in [-0.3, -0.25) is 4.79 Å². The molecule has 4 nitrogen and oxygen atoms in total. The van der Waals surface area contributed by atoms with Crippen LogP contribution >= 0.6 is 0 Å². The van der Waals surface area contributed by atoms with Gasteiger partial charge in [-0.05, 0) is 37.3 Å². The number of nitrogens with two attached hydrogens (primary N) is 1. The standard InChI is InChI=1S/C14H19NO3/c1-14(15,13(16)17)9-18-12-8-4-6-10-5-2-3-7-11(10)12/h2-3,5,7,12H,4,6,8-9,15H2,1H3,(H,16,17). The quantitative estimate of drug-likeness (QED) is 0.854. The number of fused-ring (bicyclic) bond motifs is 1. The first-order valence-corrected chi connectivity index (χ1v) is 6.22. The van der Waals surface area contributed by atoms with E-state index in [0.717, 1.165) is 19.3 Å². The van der Waals surface area contributed by atoms with Crippen molar-refractivity contribution in [3.8, 4) is 0 Å². The van der Waals surface area contributed by atoms with Crippen LogP contribution in [0.4, 0.5) is 0 Å². The normalized spacial score (nSPS) is 22.0. The van der Waals surface area contributed by atoms with Crippen LogP contribution in [0.25, 0.3) is 0 Å². The molecule has 0 saturated carbocycles. The van der Waals surface area contributed by atoms with Crippen molar-refractivity contribution in [2.75, 3.05) is 6.61 Å². The zero-order chi connectivity index (χ0) is 13.2. The van der Waals surface area contributed by atoms with E-state index in [1.54, 1.807) is 0 Å². The minimum absolute atomic E-state index is 0.0291. The molecule has 0 aliphatic heterocycles. The maximum atomic E-state index is 10.9. The van der Waals surface area contributed by atoms with Crippen molar-refractivity contribution in [1.82, 2.24) is 0 Å². The molecule has 0 spiro atoms. The van der Waals surface area contributed by atoms with Crippen molar-refractivity contribution in [1.29, 1.82) is 0 Å². The first kappa shape index (κ1) is 13.1. The summed E-state index contributed by atoms with van der Waals surface area (Å²) in [5.41, 5.74) is 6.81. The highest BCUT2D eigenvalue weighted by Crippen LogP contribution is 2.32. The van der Waals surface area contributed by atoms with Crippen molar-refractivity contribution < 1.29 is 14.6 Å². The number of ether oxygens (including phenoxy) is 1. The molecular formula is C14H19NO3. The van der Waals surface area contributed by atoms with Gasteiger partial charge in [0.05, 0.1) is 12.7 Å². The second-order valence-electron chi connectivity index (χ2n) is 5.11. The fourth-order valence-electron chi connectivity index (χ4n) is 2.22. The molecule has 98 valence electrons. The molecule has 0 bridgehead atoms. The van der Waals surface area contributed by atoms with Gasteiger partial charge in [0.2, 0.25) is 0 Å². The lowest BCUT2D eigenvalue weighted by atomic mass is 9.89. The Morgan fingerprint density at radius 1 is 1.56 bits per heavy atom. The van der Waals surface area contributed by atoms with Crippen LogP contribution in [-0.2, 0) is 16.0 Å². The molecular weight excluding hydrogens is 230 g/mol. The van der Waals surface area contributed by atoms with Crippen LogP contribution in [0.1, 0.15) is 37.0 Å². The van der Waals surface area contributed by atoms with Crippen molar-refractivity contribution in [2.24, 2.45) is 5.73 Å². The minimum atomic E-state index is -1.33. The second kappa shape index (κ2) is 5.08. The van der Waals surface area contributed by atoms with Gasteiger partial charge in [-0.1, -0.05) is 24.3 Å². The molecule has 2 unspecified atom stereocenters. The van der Waals surface area contributed by atoms with E-state index in [9.17, 15) is 4.79 Å². The topological polar surface area (TPSA) is 72.5 Å². The molecule has 18 heavy (non-hydrogen) atoms. The summed E-state index contributed by atoms with van der Waals surface area (Å²) in [4.78, 5) is 10.9. The Bertz CT molecular complexity index is 442. The zero-order valence-electron chi connectivity index (χ0n) is 10.6. The van der Waals surface area contributed by atoms with Crippen LogP contribution in [0.2, 0.25) is 0 Å². The fraction of sp³-hybridized carbons (Fsp3) is 0.500. The highest BCUT2D eigenvalue weighted by atomic mass is 16.5. The summed E-state index contributed by atoms with van der Waals surface area (Å²) < 4.78 is 5.73. The molecule has 0 radical (unpaired) electrons. The molecule has 1 aliphatic carbocycles. The molecule has 2 rings (SSSR count). The van der Waals surface area contributed by atoms with Gasteiger partial charge in [0.15, 0.2) is 0 Å². The van der Waals surface area contributed by atoms with E-state index in [-0.39, 0.29) is 12.7 Å². The van der Waals surface area contributed by atoms with Gasteiger partial charge in [-0.25, -0.2) is 0 Å². The lowest BCUT2D eigenvalue weighted by Gasteiger charge is -2.28. The maximum absolute atomic E-state index is 10.9. The van der Waals surface area contributed by atoms with Gasteiger partial charge in [0, 0.05) is 0 Å². The lowest BCUT2D eigenvalue weighted by molar-refractivity contribution is -0.146. The van der Waals surface area contributed by atoms with E-state index in [0.29, 0.717) is 0 Å². The molecule has 3 N–H and O–H groups in total. The van der Waals surface area contributed by atoms with E-state index in [4.69, 9.17) is 15.6 Å². The van der Waals surface area contributed by atoms with Crippen LogP contribution in [0.15, 0.2) is 24.3 Å². The number of carbonyl (C=O) groups is 1. The molecule has 0 saturated heterocycles. The average Bonchev–Trinajstić information content (AvgIpc) is 2.36.